The zero-order chi connectivity index (χ0) is 14.7. The topological polar surface area (TPSA) is 82.3 Å². The fourth-order valence-corrected chi connectivity index (χ4v) is 2.41. The van der Waals surface area contributed by atoms with Crippen molar-refractivity contribution in [3.8, 4) is 0 Å². The van der Waals surface area contributed by atoms with E-state index in [1.54, 1.807) is 23.1 Å². The highest BCUT2D eigenvalue weighted by Gasteiger charge is 2.20. The molecule has 0 saturated carbocycles. The number of amides is 1. The number of carbonyl (C=O) groups is 2. The summed E-state index contributed by atoms with van der Waals surface area (Å²) < 4.78 is 8.19. The molecule has 0 unspecified atom stereocenters. The average molecular weight is 293 g/mol. The lowest BCUT2D eigenvalue weighted by atomic mass is 10.1. The van der Waals surface area contributed by atoms with Crippen molar-refractivity contribution >= 4 is 34.6 Å². The summed E-state index contributed by atoms with van der Waals surface area (Å²) in [5, 5.41) is 8.76. The number of aliphatic carboxylic acids is 1. The lowest BCUT2D eigenvalue weighted by molar-refractivity contribution is -0.137. The van der Waals surface area contributed by atoms with Crippen LogP contribution in [0.1, 0.15) is 30.6 Å². The fraction of sp³-hybridized carbons (Fsp3) is 0.385. The van der Waals surface area contributed by atoms with Gasteiger partial charge in [-0.25, -0.2) is 0 Å². The van der Waals surface area contributed by atoms with Crippen LogP contribution in [0.2, 0.25) is 0 Å². The fourth-order valence-electron chi connectivity index (χ4n) is 1.89. The van der Waals surface area contributed by atoms with Crippen LogP contribution in [-0.4, -0.2) is 34.5 Å². The molecule has 2 rings (SSSR count). The van der Waals surface area contributed by atoms with Crippen molar-refractivity contribution < 1.29 is 14.7 Å². The molecule has 0 spiro atoms. The molecule has 1 aromatic rings. The van der Waals surface area contributed by atoms with E-state index in [0.29, 0.717) is 11.3 Å². The average Bonchev–Trinajstić information content (AvgIpc) is 2.84. The van der Waals surface area contributed by atoms with Crippen LogP contribution >= 0.6 is 0 Å². The number of hydrogen-bond donors (Lipinski definition) is 1. The number of carbonyl (C=O) groups excluding carboxylic acids is 1. The van der Waals surface area contributed by atoms with Gasteiger partial charge < -0.3 is 10.0 Å². The summed E-state index contributed by atoms with van der Waals surface area (Å²) in [7, 11) is 0. The molecule has 0 radical (unpaired) electrons. The van der Waals surface area contributed by atoms with Crippen LogP contribution in [0.5, 0.6) is 0 Å². The van der Waals surface area contributed by atoms with Gasteiger partial charge in [0, 0.05) is 18.2 Å². The molecule has 7 heteroatoms. The van der Waals surface area contributed by atoms with Crippen molar-refractivity contribution in [2.75, 3.05) is 6.54 Å². The highest BCUT2D eigenvalue weighted by atomic mass is 32.1. The molecule has 0 atom stereocenters. The minimum Gasteiger partial charge on any atom is -0.481 e. The van der Waals surface area contributed by atoms with Gasteiger partial charge in [-0.15, -0.1) is 0 Å². The van der Waals surface area contributed by atoms with E-state index in [1.807, 2.05) is 13.8 Å². The Labute approximate surface area is 120 Å². The first-order valence-electron chi connectivity index (χ1n) is 6.24. The maximum absolute atomic E-state index is 12.5. The summed E-state index contributed by atoms with van der Waals surface area (Å²) >= 11 is 1.10. The Morgan fingerprint density at radius 2 is 2.00 bits per heavy atom. The Morgan fingerprint density at radius 1 is 1.30 bits per heavy atom. The molecule has 0 aromatic heterocycles. The van der Waals surface area contributed by atoms with Crippen molar-refractivity contribution in [3.05, 3.63) is 23.8 Å². The Kier molecular flexibility index (Phi) is 4.29. The van der Waals surface area contributed by atoms with E-state index >= 15 is 0 Å². The van der Waals surface area contributed by atoms with Gasteiger partial charge in [0.05, 0.1) is 17.8 Å². The van der Waals surface area contributed by atoms with E-state index in [0.717, 1.165) is 17.0 Å². The van der Waals surface area contributed by atoms with Crippen molar-refractivity contribution in [2.24, 2.45) is 8.73 Å². The predicted molar refractivity (Wildman–Crippen MR) is 76.4 cm³/mol. The first kappa shape index (κ1) is 14.4. The Morgan fingerprint density at radius 3 is 2.65 bits per heavy atom. The Hall–Kier alpha value is -2.02. The largest absolute Gasteiger partial charge is 0.481 e. The van der Waals surface area contributed by atoms with E-state index in [4.69, 9.17) is 5.11 Å². The van der Waals surface area contributed by atoms with Gasteiger partial charge in [0.15, 0.2) is 0 Å². The van der Waals surface area contributed by atoms with Crippen LogP contribution in [0.4, 0.5) is 11.4 Å². The second-order valence-corrected chi connectivity index (χ2v) is 5.23. The molecule has 1 aliphatic heterocycles. The molecule has 106 valence electrons. The van der Waals surface area contributed by atoms with Gasteiger partial charge in [-0.05, 0) is 32.0 Å². The van der Waals surface area contributed by atoms with Gasteiger partial charge in [0.1, 0.15) is 11.4 Å². The normalized spacial score (nSPS) is 12.2. The van der Waals surface area contributed by atoms with Gasteiger partial charge in [-0.2, -0.15) is 8.73 Å². The van der Waals surface area contributed by atoms with Crippen LogP contribution < -0.4 is 0 Å². The summed E-state index contributed by atoms with van der Waals surface area (Å²) in [6.07, 6.45) is -0.0651. The molecule has 0 bridgehead atoms. The molecule has 20 heavy (non-hydrogen) atoms. The van der Waals surface area contributed by atoms with Crippen LogP contribution in [0.3, 0.4) is 0 Å². The van der Waals surface area contributed by atoms with Gasteiger partial charge in [0.25, 0.3) is 5.91 Å². The number of carboxylic acids is 1. The van der Waals surface area contributed by atoms with Crippen LogP contribution in [0.15, 0.2) is 26.9 Å². The summed E-state index contributed by atoms with van der Waals surface area (Å²) in [4.78, 5) is 24.7. The highest BCUT2D eigenvalue weighted by Crippen LogP contribution is 2.32. The van der Waals surface area contributed by atoms with Crippen LogP contribution in [-0.2, 0) is 16.1 Å². The number of fused-ring (bicyclic) bond motifs is 1. The third kappa shape index (κ3) is 3.11. The molecule has 0 fully saturated rings. The minimum atomic E-state index is -0.914. The monoisotopic (exact) mass is 293 g/mol. The Balaban J connectivity index is 2.19. The number of benzene rings is 1. The molecule has 1 aliphatic rings. The van der Waals surface area contributed by atoms with Crippen LogP contribution in [0, 0.1) is 0 Å². The quantitative estimate of drug-likeness (QED) is 0.920. The number of rotatable bonds is 5. The second-order valence-electron chi connectivity index (χ2n) is 4.70. The predicted octanol–water partition coefficient (Wildman–Crippen LogP) is 2.74. The summed E-state index contributed by atoms with van der Waals surface area (Å²) in [5.41, 5.74) is 1.94. The standard InChI is InChI=1S/C13H15N3O3S/c1-8(2)16(6-5-12(17)18)13(19)9-3-4-10-11(7-9)15-20-14-10/h3-4,7-8H,5-6H2,1-2H3,(H,17,18). The van der Waals surface area contributed by atoms with E-state index < -0.39 is 5.97 Å². The van der Waals surface area contributed by atoms with E-state index in [1.165, 1.54) is 0 Å². The lowest BCUT2D eigenvalue weighted by Crippen LogP contribution is -2.38. The molecular formula is C13H15N3O3S. The SMILES string of the molecule is CC(C)N(CCC(=O)O)C(=O)c1ccc2c(c1)N=S=N2. The van der Waals surface area contributed by atoms with Gasteiger partial charge in [-0.1, -0.05) is 0 Å². The van der Waals surface area contributed by atoms with Gasteiger partial charge in [-0.3, -0.25) is 9.59 Å². The van der Waals surface area contributed by atoms with Crippen molar-refractivity contribution in [2.45, 2.75) is 26.3 Å². The molecule has 0 aliphatic carbocycles. The van der Waals surface area contributed by atoms with E-state index in [9.17, 15) is 9.59 Å². The van der Waals surface area contributed by atoms with Crippen LogP contribution in [0.25, 0.3) is 0 Å². The lowest BCUT2D eigenvalue weighted by Gasteiger charge is -2.26. The molecule has 1 N–H and O–H groups in total. The summed E-state index contributed by atoms with van der Waals surface area (Å²) in [6.45, 7) is 3.92. The third-order valence-corrected chi connectivity index (χ3v) is 3.51. The van der Waals surface area contributed by atoms with Crippen molar-refractivity contribution in [1.29, 1.82) is 0 Å². The van der Waals surface area contributed by atoms with Crippen molar-refractivity contribution in [3.63, 3.8) is 0 Å². The zero-order valence-corrected chi connectivity index (χ0v) is 12.1. The number of carboxylic acid groups (broad SMARTS) is 1. The summed E-state index contributed by atoms with van der Waals surface area (Å²) in [5.74, 6) is -1.10. The number of hydrogen-bond acceptors (Lipinski definition) is 4. The minimum absolute atomic E-state index is 0.0638. The highest BCUT2D eigenvalue weighted by molar-refractivity contribution is 7.58. The second kappa shape index (κ2) is 5.96. The smallest absolute Gasteiger partial charge is 0.305 e. The van der Waals surface area contributed by atoms with E-state index in [-0.39, 0.29) is 24.9 Å². The molecule has 0 saturated heterocycles. The molecule has 6 nitrogen and oxygen atoms in total. The third-order valence-electron chi connectivity index (χ3n) is 2.95. The molecule has 1 heterocycles. The summed E-state index contributed by atoms with van der Waals surface area (Å²) in [6, 6.07) is 5.08. The van der Waals surface area contributed by atoms with E-state index in [2.05, 4.69) is 8.73 Å². The van der Waals surface area contributed by atoms with Crippen molar-refractivity contribution in [1.82, 2.24) is 4.90 Å². The number of nitrogens with zero attached hydrogens (tertiary/aromatic N) is 3. The zero-order valence-electron chi connectivity index (χ0n) is 11.2. The van der Waals surface area contributed by atoms with Gasteiger partial charge in [0.2, 0.25) is 0 Å². The maximum atomic E-state index is 12.5. The maximum Gasteiger partial charge on any atom is 0.305 e. The first-order chi connectivity index (χ1) is 9.49. The molecule has 1 amide bonds. The Bertz CT molecular complexity index is 621. The molecule has 1 aromatic carbocycles. The first-order valence-corrected chi connectivity index (χ1v) is 6.97. The van der Waals surface area contributed by atoms with Gasteiger partial charge >= 0.3 is 5.97 Å². The molecular weight excluding hydrogens is 278 g/mol.